The molecule has 2 amide bonds. The van der Waals surface area contributed by atoms with Gasteiger partial charge in [0, 0.05) is 42.6 Å². The normalized spacial score (nSPS) is 10.9. The van der Waals surface area contributed by atoms with Crippen LogP contribution >= 0.6 is 11.3 Å². The van der Waals surface area contributed by atoms with Gasteiger partial charge in [-0.1, -0.05) is 35.9 Å². The van der Waals surface area contributed by atoms with Crippen molar-refractivity contribution in [2.75, 3.05) is 13.1 Å². The van der Waals surface area contributed by atoms with Crippen LogP contribution in [0.4, 0.5) is 0 Å². The van der Waals surface area contributed by atoms with Gasteiger partial charge in [0.15, 0.2) is 0 Å². The number of aromatic nitrogens is 2. The molecule has 0 aliphatic heterocycles. The van der Waals surface area contributed by atoms with E-state index in [1.54, 1.807) is 12.1 Å². The Morgan fingerprint density at radius 2 is 1.86 bits per heavy atom. The molecule has 0 bridgehead atoms. The number of carbonyl (C=O) groups is 2. The first kappa shape index (κ1) is 24.2. The summed E-state index contributed by atoms with van der Waals surface area (Å²) in [6.45, 7) is 3.02. The van der Waals surface area contributed by atoms with Crippen molar-refractivity contribution in [2.45, 2.75) is 26.3 Å². The minimum absolute atomic E-state index is 0.0312. The topological polar surface area (TPSA) is 113 Å². The van der Waals surface area contributed by atoms with Crippen molar-refractivity contribution < 1.29 is 14.7 Å². The lowest BCUT2D eigenvalue weighted by atomic mass is 10.1. The Hall–Kier alpha value is -3.98. The van der Waals surface area contributed by atoms with Crippen LogP contribution in [0.25, 0.3) is 21.3 Å². The van der Waals surface area contributed by atoms with Gasteiger partial charge < -0.3 is 15.7 Å². The summed E-state index contributed by atoms with van der Waals surface area (Å²) in [6, 6.07) is 14.1. The van der Waals surface area contributed by atoms with Crippen molar-refractivity contribution in [2.24, 2.45) is 0 Å². The Morgan fingerprint density at radius 1 is 1.09 bits per heavy atom. The number of benzene rings is 2. The molecule has 0 aliphatic rings. The third kappa shape index (κ3) is 5.93. The number of nitrogens with zero attached hydrogens (tertiary/aromatic N) is 2. The molecule has 0 saturated heterocycles. The van der Waals surface area contributed by atoms with Crippen molar-refractivity contribution in [3.05, 3.63) is 81.7 Å². The smallest absolute Gasteiger partial charge is 0.262 e. The highest BCUT2D eigenvalue weighted by Gasteiger charge is 2.14. The van der Waals surface area contributed by atoms with E-state index in [1.807, 2.05) is 36.6 Å². The van der Waals surface area contributed by atoms with E-state index in [0.29, 0.717) is 35.3 Å². The lowest BCUT2D eigenvalue weighted by molar-refractivity contribution is -0.121. The van der Waals surface area contributed by atoms with Crippen molar-refractivity contribution in [1.82, 2.24) is 20.2 Å². The maximum atomic E-state index is 13.1. The molecular weight excluding hydrogens is 464 g/mol. The molecule has 0 radical (unpaired) electrons. The van der Waals surface area contributed by atoms with Gasteiger partial charge >= 0.3 is 0 Å². The first-order chi connectivity index (χ1) is 16.9. The van der Waals surface area contributed by atoms with Gasteiger partial charge in [0.2, 0.25) is 5.91 Å². The third-order valence-electron chi connectivity index (χ3n) is 5.57. The van der Waals surface area contributed by atoms with Gasteiger partial charge in [0.05, 0.1) is 11.7 Å². The molecule has 4 aromatic rings. The molecule has 0 spiro atoms. The third-order valence-corrected chi connectivity index (χ3v) is 6.46. The van der Waals surface area contributed by atoms with E-state index in [0.717, 1.165) is 16.7 Å². The molecule has 3 N–H and O–H groups in total. The molecule has 0 aliphatic carbocycles. The van der Waals surface area contributed by atoms with E-state index < -0.39 is 0 Å². The van der Waals surface area contributed by atoms with Crippen LogP contribution in [0, 0.1) is 6.92 Å². The van der Waals surface area contributed by atoms with Crippen LogP contribution < -0.4 is 16.2 Å². The fourth-order valence-corrected chi connectivity index (χ4v) is 4.56. The minimum Gasteiger partial charge on any atom is -0.508 e. The average molecular weight is 491 g/mol. The number of thiophene rings is 1. The summed E-state index contributed by atoms with van der Waals surface area (Å²) in [5.41, 5.74) is 3.19. The van der Waals surface area contributed by atoms with Gasteiger partial charge in [-0.25, -0.2) is 4.98 Å². The number of phenolic OH excluding ortho intramolecular Hbond substituents is 1. The highest BCUT2D eigenvalue weighted by atomic mass is 32.1. The fraction of sp³-hybridized carbons (Fsp3) is 0.231. The minimum atomic E-state index is -0.284. The van der Waals surface area contributed by atoms with E-state index in [-0.39, 0.29) is 36.1 Å². The molecule has 0 fully saturated rings. The summed E-state index contributed by atoms with van der Waals surface area (Å²) >= 11 is 1.43. The Morgan fingerprint density at radius 3 is 2.63 bits per heavy atom. The van der Waals surface area contributed by atoms with E-state index in [4.69, 9.17) is 0 Å². The summed E-state index contributed by atoms with van der Waals surface area (Å²) in [7, 11) is 0. The number of hydrogen-bond donors (Lipinski definition) is 3. The van der Waals surface area contributed by atoms with Crippen molar-refractivity contribution in [1.29, 1.82) is 0 Å². The second kappa shape index (κ2) is 11.0. The molecule has 180 valence electrons. The number of aryl methyl sites for hydroxylation is 2. The lowest BCUT2D eigenvalue weighted by Crippen LogP contribution is -2.31. The molecule has 0 saturated carbocycles. The number of carbonyl (C=O) groups excluding carboxylic acids is 2. The maximum absolute atomic E-state index is 13.1. The second-order valence-electron chi connectivity index (χ2n) is 8.20. The number of nitrogens with one attached hydrogen (secondary N) is 2. The summed E-state index contributed by atoms with van der Waals surface area (Å²) in [6.07, 6.45) is 2.19. The molecular formula is C26H26N4O4S. The fourth-order valence-electron chi connectivity index (χ4n) is 3.65. The molecule has 35 heavy (non-hydrogen) atoms. The van der Waals surface area contributed by atoms with Crippen LogP contribution in [0.2, 0.25) is 0 Å². The van der Waals surface area contributed by atoms with Crippen LogP contribution in [0.3, 0.4) is 0 Å². The van der Waals surface area contributed by atoms with Crippen LogP contribution in [0.5, 0.6) is 5.75 Å². The first-order valence-corrected chi connectivity index (χ1v) is 12.2. The zero-order valence-corrected chi connectivity index (χ0v) is 20.1. The largest absolute Gasteiger partial charge is 0.508 e. The van der Waals surface area contributed by atoms with Gasteiger partial charge in [0.1, 0.15) is 10.6 Å². The zero-order chi connectivity index (χ0) is 24.8. The van der Waals surface area contributed by atoms with Gasteiger partial charge in [-0.3, -0.25) is 19.0 Å². The lowest BCUT2D eigenvalue weighted by Gasteiger charge is -2.09. The molecule has 4 rings (SSSR count). The van der Waals surface area contributed by atoms with E-state index >= 15 is 0 Å². The predicted octanol–water partition coefficient (Wildman–Crippen LogP) is 3.47. The number of amides is 2. The zero-order valence-electron chi connectivity index (χ0n) is 19.3. The standard InChI is InChI=1S/C26H26N4O4S/c1-17-6-8-18(9-7-17)21-15-35-25-23(21)26(34)30(16-29-25)13-10-22(32)27-11-3-12-28-24(33)19-4-2-5-20(31)14-19/h2,4-9,14-16,31H,3,10-13H2,1H3,(H,27,32)(H,28,33). The van der Waals surface area contributed by atoms with Crippen LogP contribution in [0.15, 0.2) is 65.0 Å². The Labute approximate surface area is 206 Å². The molecule has 8 nitrogen and oxygen atoms in total. The Balaban J connectivity index is 1.27. The SMILES string of the molecule is Cc1ccc(-c2csc3ncn(CCC(=O)NCCCNC(=O)c4cccc(O)c4)c(=O)c23)cc1. The number of aromatic hydroxyl groups is 1. The van der Waals surface area contributed by atoms with Gasteiger partial charge in [-0.05, 0) is 37.1 Å². The average Bonchev–Trinajstić information content (AvgIpc) is 3.29. The Bertz CT molecular complexity index is 1410. The number of rotatable bonds is 9. The van der Waals surface area contributed by atoms with E-state index in [1.165, 1.54) is 34.4 Å². The van der Waals surface area contributed by atoms with Crippen LogP contribution in [0.1, 0.15) is 28.8 Å². The highest BCUT2D eigenvalue weighted by molar-refractivity contribution is 7.17. The van der Waals surface area contributed by atoms with Crippen LogP contribution in [-0.2, 0) is 11.3 Å². The molecule has 0 atom stereocenters. The van der Waals surface area contributed by atoms with Crippen molar-refractivity contribution in [3.63, 3.8) is 0 Å². The van der Waals surface area contributed by atoms with Gasteiger partial charge in [0.25, 0.3) is 11.5 Å². The molecule has 0 unspecified atom stereocenters. The highest BCUT2D eigenvalue weighted by Crippen LogP contribution is 2.30. The summed E-state index contributed by atoms with van der Waals surface area (Å²) in [5, 5.41) is 17.5. The number of hydrogen-bond acceptors (Lipinski definition) is 6. The number of phenols is 1. The maximum Gasteiger partial charge on any atom is 0.262 e. The first-order valence-electron chi connectivity index (χ1n) is 11.3. The second-order valence-corrected chi connectivity index (χ2v) is 9.06. The van der Waals surface area contributed by atoms with Gasteiger partial charge in [-0.15, -0.1) is 11.3 Å². The number of fused-ring (bicyclic) bond motifs is 1. The van der Waals surface area contributed by atoms with E-state index in [9.17, 15) is 19.5 Å². The van der Waals surface area contributed by atoms with Crippen LogP contribution in [-0.4, -0.2) is 39.6 Å². The summed E-state index contributed by atoms with van der Waals surface area (Å²) in [5.74, 6) is -0.433. The summed E-state index contributed by atoms with van der Waals surface area (Å²) < 4.78 is 1.47. The predicted molar refractivity (Wildman–Crippen MR) is 137 cm³/mol. The quantitative estimate of drug-likeness (QED) is 0.311. The van der Waals surface area contributed by atoms with Crippen molar-refractivity contribution >= 4 is 33.4 Å². The molecule has 2 heterocycles. The Kier molecular flexibility index (Phi) is 7.57. The van der Waals surface area contributed by atoms with Crippen molar-refractivity contribution in [3.8, 4) is 16.9 Å². The monoisotopic (exact) mass is 490 g/mol. The van der Waals surface area contributed by atoms with Gasteiger partial charge in [-0.2, -0.15) is 0 Å². The summed E-state index contributed by atoms with van der Waals surface area (Å²) in [4.78, 5) is 42.5. The molecule has 2 aromatic heterocycles. The molecule has 9 heteroatoms. The molecule has 2 aromatic carbocycles. The van der Waals surface area contributed by atoms with E-state index in [2.05, 4.69) is 15.6 Å².